The number of anilines is 1. The number of benzene rings is 1. The minimum Gasteiger partial charge on any atom is -0.462 e. The van der Waals surface area contributed by atoms with Crippen molar-refractivity contribution in [2.45, 2.75) is 37.6 Å². The molecule has 0 spiro atoms. The number of ether oxygens (including phenoxy) is 1. The fourth-order valence-corrected chi connectivity index (χ4v) is 5.85. The molecule has 0 saturated heterocycles. The molecule has 174 valence electrons. The van der Waals surface area contributed by atoms with E-state index in [4.69, 9.17) is 4.74 Å². The molecule has 1 N–H and O–H groups in total. The lowest BCUT2D eigenvalue weighted by molar-refractivity contribution is -0.113. The fourth-order valence-electron chi connectivity index (χ4n) is 3.79. The summed E-state index contributed by atoms with van der Waals surface area (Å²) in [4.78, 5) is 31.0. The van der Waals surface area contributed by atoms with Crippen LogP contribution in [0.4, 0.5) is 9.39 Å². The zero-order valence-corrected chi connectivity index (χ0v) is 20.2. The molecule has 0 saturated carbocycles. The van der Waals surface area contributed by atoms with Crippen LogP contribution in [0.2, 0.25) is 0 Å². The normalized spacial score (nSPS) is 12.5. The van der Waals surface area contributed by atoms with Gasteiger partial charge in [0.1, 0.15) is 21.9 Å². The molecule has 4 rings (SSSR count). The molecule has 3 aromatic rings. The van der Waals surface area contributed by atoms with Crippen molar-refractivity contribution in [3.8, 4) is 17.3 Å². The van der Waals surface area contributed by atoms with E-state index in [9.17, 15) is 19.2 Å². The Kier molecular flexibility index (Phi) is 7.60. The first-order chi connectivity index (χ1) is 16.5. The number of nitrogens with one attached hydrogen (secondary N) is 1. The summed E-state index contributed by atoms with van der Waals surface area (Å²) in [5, 5.41) is 13.3. The molecule has 2 heterocycles. The van der Waals surface area contributed by atoms with Gasteiger partial charge in [-0.05, 0) is 74.6 Å². The Balaban J connectivity index is 1.51. The Morgan fingerprint density at radius 1 is 1.21 bits per heavy atom. The number of amides is 1. The number of thiophene rings is 1. The van der Waals surface area contributed by atoms with Crippen LogP contribution in [0.3, 0.4) is 0 Å². The van der Waals surface area contributed by atoms with Crippen molar-refractivity contribution in [2.24, 2.45) is 0 Å². The van der Waals surface area contributed by atoms with Gasteiger partial charge in [-0.1, -0.05) is 11.8 Å². The highest BCUT2D eigenvalue weighted by Crippen LogP contribution is 2.38. The Labute approximate surface area is 205 Å². The molecule has 1 aromatic carbocycles. The number of halogens is 1. The number of pyridine rings is 1. The van der Waals surface area contributed by atoms with Gasteiger partial charge >= 0.3 is 5.97 Å². The van der Waals surface area contributed by atoms with E-state index in [1.807, 2.05) is 0 Å². The first-order valence-electron chi connectivity index (χ1n) is 10.9. The lowest BCUT2D eigenvalue weighted by Gasteiger charge is -2.12. The molecule has 0 radical (unpaired) electrons. The SMILES string of the molecule is CCOC(=O)c1c(NC(=O)CSc2nc(-c3ccc(F)cc3)ccc2C#N)sc2c1CCCC2. The summed E-state index contributed by atoms with van der Waals surface area (Å²) >= 11 is 2.57. The average Bonchev–Trinajstić information content (AvgIpc) is 3.21. The van der Waals surface area contributed by atoms with Crippen molar-refractivity contribution in [2.75, 3.05) is 17.7 Å². The molecule has 2 aromatic heterocycles. The predicted molar refractivity (Wildman–Crippen MR) is 131 cm³/mol. The highest BCUT2D eigenvalue weighted by Gasteiger charge is 2.27. The van der Waals surface area contributed by atoms with Gasteiger partial charge in [-0.25, -0.2) is 14.2 Å². The van der Waals surface area contributed by atoms with Gasteiger partial charge in [0.05, 0.1) is 29.2 Å². The Bertz CT molecular complexity index is 1270. The number of hydrogen-bond acceptors (Lipinski definition) is 7. The number of fused-ring (bicyclic) bond motifs is 1. The van der Waals surface area contributed by atoms with Crippen molar-refractivity contribution in [1.29, 1.82) is 5.26 Å². The number of esters is 1. The van der Waals surface area contributed by atoms with Gasteiger partial charge in [-0.3, -0.25) is 4.79 Å². The molecular weight excluding hydrogens is 473 g/mol. The zero-order valence-electron chi connectivity index (χ0n) is 18.5. The van der Waals surface area contributed by atoms with Crippen molar-refractivity contribution < 1.29 is 18.7 Å². The van der Waals surface area contributed by atoms with Crippen molar-refractivity contribution in [1.82, 2.24) is 4.98 Å². The van der Waals surface area contributed by atoms with Crippen LogP contribution in [0.25, 0.3) is 11.3 Å². The summed E-state index contributed by atoms with van der Waals surface area (Å²) in [6.45, 7) is 2.02. The molecule has 0 fully saturated rings. The lowest BCUT2D eigenvalue weighted by atomic mass is 9.95. The smallest absolute Gasteiger partial charge is 0.341 e. The third kappa shape index (κ3) is 5.29. The topological polar surface area (TPSA) is 92.1 Å². The number of carbonyl (C=O) groups is 2. The number of nitrogens with zero attached hydrogens (tertiary/aromatic N) is 2. The minimum atomic E-state index is -0.412. The fraction of sp³-hybridized carbons (Fsp3) is 0.280. The molecule has 34 heavy (non-hydrogen) atoms. The second-order valence-corrected chi connectivity index (χ2v) is 9.71. The molecule has 0 unspecified atom stereocenters. The third-order valence-corrected chi connectivity index (χ3v) is 7.56. The highest BCUT2D eigenvalue weighted by molar-refractivity contribution is 8.00. The summed E-state index contributed by atoms with van der Waals surface area (Å²) in [5.74, 6) is -1.04. The molecule has 1 amide bonds. The van der Waals surface area contributed by atoms with Gasteiger partial charge in [0.15, 0.2) is 0 Å². The van der Waals surface area contributed by atoms with E-state index in [0.717, 1.165) is 47.9 Å². The number of thioether (sulfide) groups is 1. The Morgan fingerprint density at radius 3 is 2.71 bits per heavy atom. The van der Waals surface area contributed by atoms with Gasteiger partial charge in [0, 0.05) is 10.4 Å². The standard InChI is InChI=1S/C25H22FN3O3S2/c1-2-32-25(31)22-18-5-3-4-6-20(18)34-24(22)29-21(30)14-33-23-16(13-27)9-12-19(28-23)15-7-10-17(26)11-8-15/h7-12H,2-6,14H2,1H3,(H,29,30). The summed E-state index contributed by atoms with van der Waals surface area (Å²) in [5.41, 5.74) is 3.09. The number of carbonyl (C=O) groups excluding carboxylic acids is 2. The maximum atomic E-state index is 13.2. The molecule has 0 atom stereocenters. The second kappa shape index (κ2) is 10.8. The molecule has 0 aliphatic heterocycles. The molecular formula is C25H22FN3O3S2. The van der Waals surface area contributed by atoms with E-state index < -0.39 is 5.97 Å². The van der Waals surface area contributed by atoms with E-state index in [-0.39, 0.29) is 24.1 Å². The van der Waals surface area contributed by atoms with E-state index in [1.54, 1.807) is 31.2 Å². The molecule has 9 heteroatoms. The van der Waals surface area contributed by atoms with Gasteiger partial charge < -0.3 is 10.1 Å². The number of nitriles is 1. The molecule has 1 aliphatic rings. The first kappa shape index (κ1) is 23.9. The quantitative estimate of drug-likeness (QED) is 0.338. The monoisotopic (exact) mass is 495 g/mol. The lowest BCUT2D eigenvalue weighted by Crippen LogP contribution is -2.17. The van der Waals surface area contributed by atoms with E-state index in [2.05, 4.69) is 16.4 Å². The predicted octanol–water partition coefficient (Wildman–Crippen LogP) is 5.61. The second-order valence-electron chi connectivity index (χ2n) is 7.64. The Morgan fingerprint density at radius 2 is 1.97 bits per heavy atom. The summed E-state index contributed by atoms with van der Waals surface area (Å²) in [6.07, 6.45) is 3.76. The maximum absolute atomic E-state index is 13.2. The van der Waals surface area contributed by atoms with Crippen molar-refractivity contribution in [3.05, 3.63) is 63.8 Å². The number of aromatic nitrogens is 1. The third-order valence-electron chi connectivity index (χ3n) is 5.36. The summed E-state index contributed by atoms with van der Waals surface area (Å²) < 4.78 is 18.5. The van der Waals surface area contributed by atoms with Crippen LogP contribution in [-0.2, 0) is 22.4 Å². The van der Waals surface area contributed by atoms with E-state index in [0.29, 0.717) is 32.4 Å². The van der Waals surface area contributed by atoms with E-state index >= 15 is 0 Å². The molecule has 1 aliphatic carbocycles. The van der Waals surface area contributed by atoms with Gasteiger partial charge in [0.2, 0.25) is 5.91 Å². The van der Waals surface area contributed by atoms with E-state index in [1.165, 1.54) is 23.5 Å². The molecule has 0 bridgehead atoms. The molecule has 6 nitrogen and oxygen atoms in total. The maximum Gasteiger partial charge on any atom is 0.341 e. The van der Waals surface area contributed by atoms with Crippen molar-refractivity contribution in [3.63, 3.8) is 0 Å². The average molecular weight is 496 g/mol. The van der Waals surface area contributed by atoms with Crippen LogP contribution in [-0.4, -0.2) is 29.2 Å². The minimum absolute atomic E-state index is 0.0133. The van der Waals surface area contributed by atoms with Crippen LogP contribution in [0.15, 0.2) is 41.4 Å². The van der Waals surface area contributed by atoms with Gasteiger partial charge in [-0.15, -0.1) is 11.3 Å². The zero-order chi connectivity index (χ0) is 24.1. The van der Waals surface area contributed by atoms with Crippen LogP contribution in [0.1, 0.15) is 46.1 Å². The largest absolute Gasteiger partial charge is 0.462 e. The number of rotatable bonds is 7. The van der Waals surface area contributed by atoms with Crippen molar-refractivity contribution >= 4 is 40.0 Å². The highest BCUT2D eigenvalue weighted by atomic mass is 32.2. The number of aryl methyl sites for hydroxylation is 1. The van der Waals surface area contributed by atoms with Crippen LogP contribution >= 0.6 is 23.1 Å². The van der Waals surface area contributed by atoms with Gasteiger partial charge in [-0.2, -0.15) is 5.26 Å². The number of hydrogen-bond donors (Lipinski definition) is 1. The Hall–Kier alpha value is -3.22. The summed E-state index contributed by atoms with van der Waals surface area (Å²) in [6, 6.07) is 11.3. The van der Waals surface area contributed by atoms with Gasteiger partial charge in [0.25, 0.3) is 0 Å². The first-order valence-corrected chi connectivity index (χ1v) is 12.7. The van der Waals surface area contributed by atoms with Crippen LogP contribution < -0.4 is 5.32 Å². The summed E-state index contributed by atoms with van der Waals surface area (Å²) in [7, 11) is 0. The van der Waals surface area contributed by atoms with Crippen LogP contribution in [0, 0.1) is 17.1 Å². The van der Waals surface area contributed by atoms with Crippen LogP contribution in [0.5, 0.6) is 0 Å².